The van der Waals surface area contributed by atoms with Crippen LogP contribution < -0.4 is 10.1 Å². The topological polar surface area (TPSA) is 68.3 Å². The summed E-state index contributed by atoms with van der Waals surface area (Å²) in [6, 6.07) is 20.0. The third-order valence-corrected chi connectivity index (χ3v) is 8.06. The summed E-state index contributed by atoms with van der Waals surface area (Å²) in [5.41, 5.74) is -0.0195. The highest BCUT2D eigenvalue weighted by Crippen LogP contribution is 2.41. The van der Waals surface area contributed by atoms with Gasteiger partial charge in [0.1, 0.15) is 10.8 Å². The van der Waals surface area contributed by atoms with Crippen LogP contribution in [0.2, 0.25) is 5.02 Å². The number of para-hydroxylation sites is 1. The first-order valence-electron chi connectivity index (χ1n) is 10.6. The Morgan fingerprint density at radius 3 is 2.60 bits per heavy atom. The summed E-state index contributed by atoms with van der Waals surface area (Å²) >= 11 is 8.83. The number of amides is 1. The van der Waals surface area contributed by atoms with Gasteiger partial charge in [-0.3, -0.25) is 9.59 Å². The van der Waals surface area contributed by atoms with Gasteiger partial charge in [-0.15, -0.1) is 11.8 Å². The van der Waals surface area contributed by atoms with Crippen molar-refractivity contribution in [2.75, 3.05) is 0 Å². The Kier molecular flexibility index (Phi) is 6.60. The van der Waals surface area contributed by atoms with Crippen LogP contribution in [0.25, 0.3) is 0 Å². The highest BCUT2D eigenvalue weighted by molar-refractivity contribution is 8.01. The molecule has 2 atom stereocenters. The number of benzene rings is 2. The third kappa shape index (κ3) is 4.69. The standard InChI is InChI=1S/C26H18ClFN2O3S2/c27-17-6-1-4-9-21(17)35-24-19(31)14-26(30-25(24)32,16-12-13-34-15-16)22-10-5-11-23(29-22)33-20-8-3-2-7-18(20)28/h1-13,15,24H,14H2,(H,30,32). The Morgan fingerprint density at radius 1 is 1.06 bits per heavy atom. The van der Waals surface area contributed by atoms with Gasteiger partial charge in [-0.2, -0.15) is 11.3 Å². The minimum Gasteiger partial charge on any atom is -0.436 e. The number of halogens is 2. The second-order valence-electron chi connectivity index (χ2n) is 7.87. The van der Waals surface area contributed by atoms with Crippen molar-refractivity contribution in [1.82, 2.24) is 10.3 Å². The molecule has 5 nitrogen and oxygen atoms in total. The van der Waals surface area contributed by atoms with Crippen LogP contribution in [0.3, 0.4) is 0 Å². The van der Waals surface area contributed by atoms with Crippen LogP contribution in [0.4, 0.5) is 4.39 Å². The van der Waals surface area contributed by atoms with E-state index in [1.54, 1.807) is 54.6 Å². The highest BCUT2D eigenvalue weighted by atomic mass is 35.5. The third-order valence-electron chi connectivity index (χ3n) is 5.61. The number of hydrogen-bond donors (Lipinski definition) is 1. The number of carbonyl (C=O) groups excluding carboxylic acids is 2. The molecule has 0 bridgehead atoms. The number of aromatic nitrogens is 1. The fourth-order valence-corrected chi connectivity index (χ4v) is 5.91. The number of ether oxygens (including phenoxy) is 1. The van der Waals surface area contributed by atoms with Gasteiger partial charge in [0.05, 0.1) is 10.7 Å². The molecular formula is C26H18ClFN2O3S2. The molecule has 1 N–H and O–H groups in total. The van der Waals surface area contributed by atoms with Gasteiger partial charge in [0.2, 0.25) is 11.8 Å². The van der Waals surface area contributed by atoms with Crippen molar-refractivity contribution in [2.24, 2.45) is 0 Å². The van der Waals surface area contributed by atoms with Gasteiger partial charge in [-0.1, -0.05) is 41.9 Å². The Bertz CT molecular complexity index is 1380. The lowest BCUT2D eigenvalue weighted by molar-refractivity contribution is -0.133. The lowest BCUT2D eigenvalue weighted by atomic mass is 9.79. The molecule has 0 aliphatic carbocycles. The van der Waals surface area contributed by atoms with Crippen LogP contribution >= 0.6 is 34.7 Å². The van der Waals surface area contributed by atoms with Crippen molar-refractivity contribution in [1.29, 1.82) is 0 Å². The number of piperidine rings is 1. The van der Waals surface area contributed by atoms with Gasteiger partial charge in [0.25, 0.3) is 0 Å². The van der Waals surface area contributed by atoms with Crippen molar-refractivity contribution in [2.45, 2.75) is 22.1 Å². The average Bonchev–Trinajstić information content (AvgIpc) is 3.40. The summed E-state index contributed by atoms with van der Waals surface area (Å²) in [5, 5.41) is 6.35. The van der Waals surface area contributed by atoms with Gasteiger partial charge in [0, 0.05) is 17.4 Å². The SMILES string of the molecule is O=C1CC(c2ccsc2)(c2cccc(Oc3ccccc3F)n2)NC(=O)C1Sc1ccccc1Cl. The van der Waals surface area contributed by atoms with E-state index in [9.17, 15) is 14.0 Å². The van der Waals surface area contributed by atoms with Crippen molar-refractivity contribution in [3.63, 3.8) is 0 Å². The van der Waals surface area contributed by atoms with E-state index in [-0.39, 0.29) is 23.8 Å². The summed E-state index contributed by atoms with van der Waals surface area (Å²) in [4.78, 5) is 31.9. The molecule has 2 aromatic carbocycles. The van der Waals surface area contributed by atoms with E-state index in [0.717, 1.165) is 17.3 Å². The zero-order chi connectivity index (χ0) is 24.4. The molecule has 1 amide bonds. The van der Waals surface area contributed by atoms with Crippen molar-refractivity contribution < 1.29 is 18.7 Å². The molecule has 3 heterocycles. The zero-order valence-corrected chi connectivity index (χ0v) is 20.5. The maximum absolute atomic E-state index is 14.1. The number of pyridine rings is 1. The lowest BCUT2D eigenvalue weighted by Crippen LogP contribution is -2.58. The molecule has 1 fully saturated rings. The van der Waals surface area contributed by atoms with Gasteiger partial charge in [-0.25, -0.2) is 9.37 Å². The van der Waals surface area contributed by atoms with E-state index in [1.807, 2.05) is 16.8 Å². The van der Waals surface area contributed by atoms with E-state index in [4.69, 9.17) is 16.3 Å². The Morgan fingerprint density at radius 2 is 1.86 bits per heavy atom. The predicted octanol–water partition coefficient (Wildman–Crippen LogP) is 6.22. The molecule has 2 unspecified atom stereocenters. The number of carbonyl (C=O) groups is 2. The minimum absolute atomic E-state index is 0.00621. The largest absolute Gasteiger partial charge is 0.436 e. The number of nitrogens with one attached hydrogen (secondary N) is 1. The number of Topliss-reactive ketones (excluding diaryl/α,β-unsaturated/α-hetero) is 1. The molecule has 2 aromatic heterocycles. The molecule has 9 heteroatoms. The van der Waals surface area contributed by atoms with E-state index >= 15 is 0 Å². The lowest BCUT2D eigenvalue weighted by Gasteiger charge is -2.39. The van der Waals surface area contributed by atoms with E-state index in [2.05, 4.69) is 10.3 Å². The molecule has 35 heavy (non-hydrogen) atoms. The Hall–Kier alpha value is -3.20. The van der Waals surface area contributed by atoms with E-state index < -0.39 is 22.5 Å². The first-order chi connectivity index (χ1) is 17.0. The van der Waals surface area contributed by atoms with Crippen molar-refractivity contribution >= 4 is 46.4 Å². The molecule has 0 saturated carbocycles. The predicted molar refractivity (Wildman–Crippen MR) is 135 cm³/mol. The fraction of sp³-hybridized carbons (Fsp3) is 0.115. The van der Waals surface area contributed by atoms with Gasteiger partial charge < -0.3 is 10.1 Å². The van der Waals surface area contributed by atoms with Crippen molar-refractivity contribution in [3.8, 4) is 11.6 Å². The highest BCUT2D eigenvalue weighted by Gasteiger charge is 2.48. The molecule has 1 aliphatic heterocycles. The molecule has 1 saturated heterocycles. The van der Waals surface area contributed by atoms with Gasteiger partial charge in [0.15, 0.2) is 17.3 Å². The zero-order valence-electron chi connectivity index (χ0n) is 18.1. The van der Waals surface area contributed by atoms with Crippen molar-refractivity contribution in [3.05, 3.63) is 106 Å². The quantitative estimate of drug-likeness (QED) is 0.303. The van der Waals surface area contributed by atoms with Crippen LogP contribution in [0.5, 0.6) is 11.6 Å². The number of thiophene rings is 1. The number of nitrogens with zero attached hydrogens (tertiary/aromatic N) is 1. The number of rotatable bonds is 6. The normalized spacial score (nSPS) is 19.9. The molecular weight excluding hydrogens is 507 g/mol. The Balaban J connectivity index is 1.49. The number of ketones is 1. The van der Waals surface area contributed by atoms with E-state index in [0.29, 0.717) is 15.6 Å². The Labute approximate surface area is 214 Å². The van der Waals surface area contributed by atoms with Crippen LogP contribution in [-0.4, -0.2) is 21.9 Å². The second-order valence-corrected chi connectivity index (χ2v) is 10.2. The van der Waals surface area contributed by atoms with Gasteiger partial charge >= 0.3 is 0 Å². The maximum atomic E-state index is 14.1. The summed E-state index contributed by atoms with van der Waals surface area (Å²) in [5.74, 6) is -1.02. The van der Waals surface area contributed by atoms with Crippen LogP contribution in [0.15, 0.2) is 88.5 Å². The van der Waals surface area contributed by atoms with Crippen LogP contribution in [-0.2, 0) is 15.1 Å². The fourth-order valence-electron chi connectivity index (χ4n) is 3.94. The molecule has 0 radical (unpaired) electrons. The summed E-state index contributed by atoms with van der Waals surface area (Å²) in [6.07, 6.45) is -0.00621. The monoisotopic (exact) mass is 524 g/mol. The molecule has 5 rings (SSSR count). The first kappa shape index (κ1) is 23.5. The molecule has 1 aliphatic rings. The summed E-state index contributed by atoms with van der Waals surface area (Å²) in [6.45, 7) is 0. The molecule has 176 valence electrons. The summed E-state index contributed by atoms with van der Waals surface area (Å²) < 4.78 is 19.8. The smallest absolute Gasteiger partial charge is 0.242 e. The first-order valence-corrected chi connectivity index (χ1v) is 12.8. The second kappa shape index (κ2) is 9.81. The van der Waals surface area contributed by atoms with Crippen LogP contribution in [0, 0.1) is 5.82 Å². The number of hydrogen-bond acceptors (Lipinski definition) is 6. The van der Waals surface area contributed by atoms with Gasteiger partial charge in [-0.05, 0) is 52.7 Å². The maximum Gasteiger partial charge on any atom is 0.242 e. The minimum atomic E-state index is -1.18. The molecule has 0 spiro atoms. The number of thioether (sulfide) groups is 1. The average molecular weight is 525 g/mol. The molecule has 4 aromatic rings. The van der Waals surface area contributed by atoms with E-state index in [1.165, 1.54) is 23.5 Å². The summed E-state index contributed by atoms with van der Waals surface area (Å²) in [7, 11) is 0. The van der Waals surface area contributed by atoms with Crippen LogP contribution in [0.1, 0.15) is 17.7 Å².